The number of carbonyl (C=O) groups excluding carboxylic acids is 3. The van der Waals surface area contributed by atoms with Crippen LogP contribution in [0.25, 0.3) is 0 Å². The highest BCUT2D eigenvalue weighted by Crippen LogP contribution is 2.29. The predicted molar refractivity (Wildman–Crippen MR) is 124 cm³/mol. The van der Waals surface area contributed by atoms with Gasteiger partial charge in [0.1, 0.15) is 12.7 Å². The number of hydrogen-bond acceptors (Lipinski definition) is 8. The molecule has 3 aromatic rings. The van der Waals surface area contributed by atoms with Gasteiger partial charge in [-0.2, -0.15) is 0 Å². The minimum atomic E-state index is -1.10. The molecule has 0 spiro atoms. The number of rotatable bonds is 8. The Morgan fingerprint density at radius 2 is 1.09 bits per heavy atom. The molecule has 8 heteroatoms. The molecule has 1 fully saturated rings. The summed E-state index contributed by atoms with van der Waals surface area (Å²) in [5, 5.41) is 0. The number of hydrogen-bond donors (Lipinski definition) is 0. The van der Waals surface area contributed by atoms with Crippen molar-refractivity contribution in [1.29, 1.82) is 0 Å². The van der Waals surface area contributed by atoms with Gasteiger partial charge in [-0.05, 0) is 36.4 Å². The zero-order valence-electron chi connectivity index (χ0n) is 18.9. The molecule has 4 atom stereocenters. The van der Waals surface area contributed by atoms with Crippen molar-refractivity contribution in [3.8, 4) is 0 Å². The minimum absolute atomic E-state index is 0.250. The van der Waals surface area contributed by atoms with E-state index in [1.165, 1.54) is 7.11 Å². The lowest BCUT2D eigenvalue weighted by molar-refractivity contribution is -0.155. The second kappa shape index (κ2) is 11.4. The summed E-state index contributed by atoms with van der Waals surface area (Å²) in [5.74, 6) is -1.85. The quantitative estimate of drug-likeness (QED) is 0.359. The van der Waals surface area contributed by atoms with Crippen LogP contribution in [0.1, 0.15) is 31.1 Å². The molecule has 0 bridgehead atoms. The molecular weight excluding hydrogens is 452 g/mol. The topological polar surface area (TPSA) is 97.4 Å². The van der Waals surface area contributed by atoms with Gasteiger partial charge in [-0.1, -0.05) is 54.6 Å². The first kappa shape index (κ1) is 24.1. The van der Waals surface area contributed by atoms with E-state index in [1.807, 2.05) is 0 Å². The summed E-state index contributed by atoms with van der Waals surface area (Å²) >= 11 is 0. The Morgan fingerprint density at radius 3 is 1.54 bits per heavy atom. The van der Waals surface area contributed by atoms with Crippen LogP contribution < -0.4 is 0 Å². The van der Waals surface area contributed by atoms with Crippen LogP contribution in [-0.4, -0.2) is 56.2 Å². The standard InChI is InChI=1S/C27H24O8/c1-31-27-23(35-26(30)20-15-9-4-10-16-20)22(34-25(29)19-13-7-3-8-14-19)21(33-27)17-32-24(28)18-11-5-2-6-12-18/h2-16,21-23,27H,17H2,1H3/t21-,22+,23+,27-/m1/s1. The predicted octanol–water partition coefficient (Wildman–Crippen LogP) is 3.67. The molecule has 0 N–H and O–H groups in total. The van der Waals surface area contributed by atoms with Crippen LogP contribution in [0.15, 0.2) is 91.0 Å². The van der Waals surface area contributed by atoms with E-state index in [9.17, 15) is 14.4 Å². The van der Waals surface area contributed by atoms with E-state index in [1.54, 1.807) is 91.0 Å². The lowest BCUT2D eigenvalue weighted by Gasteiger charge is -2.24. The molecule has 1 aliphatic rings. The highest BCUT2D eigenvalue weighted by atomic mass is 16.7. The van der Waals surface area contributed by atoms with Crippen LogP contribution in [0.2, 0.25) is 0 Å². The third kappa shape index (κ3) is 5.92. The Hall–Kier alpha value is -4.01. The van der Waals surface area contributed by atoms with Gasteiger partial charge in [-0.25, -0.2) is 14.4 Å². The summed E-state index contributed by atoms with van der Waals surface area (Å²) in [4.78, 5) is 38.0. The first-order valence-electron chi connectivity index (χ1n) is 11.0. The number of benzene rings is 3. The molecule has 0 amide bonds. The number of carbonyl (C=O) groups is 3. The van der Waals surface area contributed by atoms with Crippen molar-refractivity contribution >= 4 is 17.9 Å². The highest BCUT2D eigenvalue weighted by Gasteiger charge is 2.50. The Labute approximate surface area is 202 Å². The summed E-state index contributed by atoms with van der Waals surface area (Å²) in [6.45, 7) is -0.250. The Morgan fingerprint density at radius 1 is 0.657 bits per heavy atom. The average molecular weight is 476 g/mol. The van der Waals surface area contributed by atoms with Crippen LogP contribution >= 0.6 is 0 Å². The van der Waals surface area contributed by atoms with E-state index in [4.69, 9.17) is 23.7 Å². The smallest absolute Gasteiger partial charge is 0.338 e. The summed E-state index contributed by atoms with van der Waals surface area (Å²) in [5.41, 5.74) is 0.981. The fraction of sp³-hybridized carbons (Fsp3) is 0.222. The molecule has 8 nitrogen and oxygen atoms in total. The van der Waals surface area contributed by atoms with Gasteiger partial charge in [0.2, 0.25) is 0 Å². The molecular formula is C27H24O8. The molecule has 0 unspecified atom stereocenters. The fourth-order valence-corrected chi connectivity index (χ4v) is 3.63. The molecule has 3 aromatic carbocycles. The van der Waals surface area contributed by atoms with Gasteiger partial charge in [0.05, 0.1) is 16.7 Å². The van der Waals surface area contributed by atoms with Crippen molar-refractivity contribution in [2.24, 2.45) is 0 Å². The Bertz CT molecular complexity index is 1130. The summed E-state index contributed by atoms with van der Waals surface area (Å²) < 4.78 is 28.0. The van der Waals surface area contributed by atoms with Crippen LogP contribution in [0, 0.1) is 0 Å². The third-order valence-corrected chi connectivity index (χ3v) is 5.39. The highest BCUT2D eigenvalue weighted by molar-refractivity contribution is 5.90. The zero-order valence-corrected chi connectivity index (χ0v) is 18.9. The van der Waals surface area contributed by atoms with Crippen LogP contribution in [0.3, 0.4) is 0 Å². The first-order chi connectivity index (χ1) is 17.1. The number of esters is 3. The monoisotopic (exact) mass is 476 g/mol. The van der Waals surface area contributed by atoms with Crippen LogP contribution in [-0.2, 0) is 23.7 Å². The average Bonchev–Trinajstić information content (AvgIpc) is 3.24. The lowest BCUT2D eigenvalue weighted by atomic mass is 10.1. The zero-order chi connectivity index (χ0) is 24.6. The van der Waals surface area contributed by atoms with Gasteiger partial charge in [0.25, 0.3) is 0 Å². The lowest BCUT2D eigenvalue weighted by Crippen LogP contribution is -2.42. The van der Waals surface area contributed by atoms with E-state index in [2.05, 4.69) is 0 Å². The van der Waals surface area contributed by atoms with Crippen LogP contribution in [0.4, 0.5) is 0 Å². The van der Waals surface area contributed by atoms with E-state index in [0.29, 0.717) is 16.7 Å². The number of ether oxygens (including phenoxy) is 5. The maximum Gasteiger partial charge on any atom is 0.338 e. The van der Waals surface area contributed by atoms with Gasteiger partial charge >= 0.3 is 17.9 Å². The molecule has 1 saturated heterocycles. The second-order valence-corrected chi connectivity index (χ2v) is 7.72. The van der Waals surface area contributed by atoms with E-state index < -0.39 is 42.5 Å². The normalized spacial score (nSPS) is 21.2. The number of methoxy groups -OCH3 is 1. The van der Waals surface area contributed by atoms with Crippen molar-refractivity contribution in [1.82, 2.24) is 0 Å². The van der Waals surface area contributed by atoms with Gasteiger partial charge in [-0.15, -0.1) is 0 Å². The SMILES string of the molecule is CO[C@@H]1O[C@H](COC(=O)c2ccccc2)[C@H](OC(=O)c2ccccc2)[C@@H]1OC(=O)c1ccccc1. The van der Waals surface area contributed by atoms with Gasteiger partial charge in [0.15, 0.2) is 18.5 Å². The molecule has 0 saturated carbocycles. The molecule has 0 aliphatic carbocycles. The van der Waals surface area contributed by atoms with Crippen molar-refractivity contribution in [2.75, 3.05) is 13.7 Å². The molecule has 1 aliphatic heterocycles. The van der Waals surface area contributed by atoms with Crippen molar-refractivity contribution < 1.29 is 38.1 Å². The van der Waals surface area contributed by atoms with E-state index in [0.717, 1.165) is 0 Å². The van der Waals surface area contributed by atoms with Crippen molar-refractivity contribution in [3.05, 3.63) is 108 Å². The first-order valence-corrected chi connectivity index (χ1v) is 11.0. The molecule has 180 valence electrons. The maximum atomic E-state index is 12.8. The third-order valence-electron chi connectivity index (χ3n) is 5.39. The Kier molecular flexibility index (Phi) is 7.87. The van der Waals surface area contributed by atoms with E-state index in [-0.39, 0.29) is 6.61 Å². The second-order valence-electron chi connectivity index (χ2n) is 7.72. The summed E-state index contributed by atoms with van der Waals surface area (Å²) in [6.07, 6.45) is -4.17. The fourth-order valence-electron chi connectivity index (χ4n) is 3.63. The van der Waals surface area contributed by atoms with Crippen molar-refractivity contribution in [3.63, 3.8) is 0 Å². The van der Waals surface area contributed by atoms with E-state index >= 15 is 0 Å². The molecule has 4 rings (SSSR count). The molecule has 35 heavy (non-hydrogen) atoms. The minimum Gasteiger partial charge on any atom is -0.459 e. The largest absolute Gasteiger partial charge is 0.459 e. The maximum absolute atomic E-state index is 12.8. The van der Waals surface area contributed by atoms with Gasteiger partial charge in [-0.3, -0.25) is 0 Å². The van der Waals surface area contributed by atoms with Crippen LogP contribution in [0.5, 0.6) is 0 Å². The molecule has 1 heterocycles. The van der Waals surface area contributed by atoms with Gasteiger partial charge < -0.3 is 23.7 Å². The van der Waals surface area contributed by atoms with Gasteiger partial charge in [0, 0.05) is 7.11 Å². The summed E-state index contributed by atoms with van der Waals surface area (Å²) in [6, 6.07) is 25.2. The molecule has 0 aromatic heterocycles. The molecule has 0 radical (unpaired) electrons. The Balaban J connectivity index is 1.54. The summed E-state index contributed by atoms with van der Waals surface area (Å²) in [7, 11) is 1.38. The van der Waals surface area contributed by atoms with Crippen molar-refractivity contribution in [2.45, 2.75) is 24.6 Å².